The van der Waals surface area contributed by atoms with E-state index in [1.807, 2.05) is 19.1 Å². The van der Waals surface area contributed by atoms with Crippen LogP contribution in [0.5, 0.6) is 17.2 Å². The average molecular weight is 354 g/mol. The molecule has 26 heavy (non-hydrogen) atoms. The molecule has 2 aromatic carbocycles. The number of hydrogen-bond donors (Lipinski definition) is 0. The van der Waals surface area contributed by atoms with Crippen molar-refractivity contribution in [1.82, 2.24) is 9.97 Å². The molecule has 0 atom stereocenters. The van der Waals surface area contributed by atoms with E-state index in [0.717, 1.165) is 5.56 Å². The summed E-state index contributed by atoms with van der Waals surface area (Å²) in [5, 5.41) is 0. The first-order valence-electron chi connectivity index (χ1n) is 8.14. The lowest BCUT2D eigenvalue weighted by molar-refractivity contribution is 0.321. The third kappa shape index (κ3) is 3.59. The Morgan fingerprint density at radius 3 is 2.50 bits per heavy atom. The maximum absolute atomic E-state index is 14.1. The number of benzene rings is 2. The number of aromatic nitrogens is 2. The fourth-order valence-electron chi connectivity index (χ4n) is 2.57. The standard InChI is InChI=1S/C20H19FN2O3/c1-4-26-18-8-5-13(11-16(18)21)20-22-10-9-17(23-20)15-7-6-14(24-2)12-19(15)25-3/h5-12H,4H2,1-3H3. The minimum Gasteiger partial charge on any atom is -0.497 e. The summed E-state index contributed by atoms with van der Waals surface area (Å²) in [6.45, 7) is 2.21. The molecular formula is C20H19FN2O3. The van der Waals surface area contributed by atoms with E-state index in [4.69, 9.17) is 14.2 Å². The Morgan fingerprint density at radius 2 is 1.81 bits per heavy atom. The van der Waals surface area contributed by atoms with Gasteiger partial charge in [-0.05, 0) is 43.3 Å². The highest BCUT2D eigenvalue weighted by atomic mass is 19.1. The second kappa shape index (κ2) is 7.82. The molecule has 0 spiro atoms. The second-order valence-corrected chi connectivity index (χ2v) is 5.41. The number of halogens is 1. The Balaban J connectivity index is 2.00. The van der Waals surface area contributed by atoms with Crippen LogP contribution in [-0.2, 0) is 0 Å². The second-order valence-electron chi connectivity index (χ2n) is 5.41. The molecule has 5 nitrogen and oxygen atoms in total. The Bertz CT molecular complexity index is 915. The lowest BCUT2D eigenvalue weighted by atomic mass is 10.1. The first-order chi connectivity index (χ1) is 12.7. The Hall–Kier alpha value is -3.15. The van der Waals surface area contributed by atoms with E-state index >= 15 is 0 Å². The van der Waals surface area contributed by atoms with Crippen LogP contribution in [0.1, 0.15) is 6.92 Å². The van der Waals surface area contributed by atoms with Crippen LogP contribution in [0.3, 0.4) is 0 Å². The maximum Gasteiger partial charge on any atom is 0.165 e. The molecule has 6 heteroatoms. The third-order valence-electron chi connectivity index (χ3n) is 3.83. The number of rotatable bonds is 6. The first kappa shape index (κ1) is 17.7. The van der Waals surface area contributed by atoms with Gasteiger partial charge in [0.2, 0.25) is 0 Å². The van der Waals surface area contributed by atoms with Crippen LogP contribution < -0.4 is 14.2 Å². The van der Waals surface area contributed by atoms with Gasteiger partial charge in [-0.1, -0.05) is 0 Å². The maximum atomic E-state index is 14.1. The molecule has 0 N–H and O–H groups in total. The van der Waals surface area contributed by atoms with Gasteiger partial charge in [-0.2, -0.15) is 0 Å². The van der Waals surface area contributed by atoms with E-state index in [1.165, 1.54) is 6.07 Å². The minimum atomic E-state index is -0.444. The fraction of sp³-hybridized carbons (Fsp3) is 0.200. The zero-order valence-corrected chi connectivity index (χ0v) is 14.8. The largest absolute Gasteiger partial charge is 0.497 e. The lowest BCUT2D eigenvalue weighted by Crippen LogP contribution is -1.97. The zero-order chi connectivity index (χ0) is 18.5. The Labute approximate surface area is 151 Å². The first-order valence-corrected chi connectivity index (χ1v) is 8.14. The topological polar surface area (TPSA) is 53.5 Å². The predicted molar refractivity (Wildman–Crippen MR) is 97.1 cm³/mol. The lowest BCUT2D eigenvalue weighted by Gasteiger charge is -2.11. The molecule has 1 heterocycles. The Kier molecular flexibility index (Phi) is 5.31. The van der Waals surface area contributed by atoms with Crippen LogP contribution in [0.4, 0.5) is 4.39 Å². The van der Waals surface area contributed by atoms with Crippen molar-refractivity contribution < 1.29 is 18.6 Å². The van der Waals surface area contributed by atoms with E-state index in [0.29, 0.717) is 35.2 Å². The molecule has 0 saturated carbocycles. The highest BCUT2D eigenvalue weighted by Crippen LogP contribution is 2.33. The van der Waals surface area contributed by atoms with Crippen molar-refractivity contribution in [3.63, 3.8) is 0 Å². The van der Waals surface area contributed by atoms with Crippen molar-refractivity contribution in [3.05, 3.63) is 54.5 Å². The normalized spacial score (nSPS) is 10.5. The van der Waals surface area contributed by atoms with E-state index in [2.05, 4.69) is 9.97 Å². The van der Waals surface area contributed by atoms with Crippen molar-refractivity contribution in [1.29, 1.82) is 0 Å². The van der Waals surface area contributed by atoms with Gasteiger partial charge in [0.1, 0.15) is 11.5 Å². The highest BCUT2D eigenvalue weighted by molar-refractivity contribution is 5.70. The molecule has 0 aliphatic heterocycles. The molecule has 3 aromatic rings. The molecule has 1 aromatic heterocycles. The van der Waals surface area contributed by atoms with E-state index < -0.39 is 5.82 Å². The number of hydrogen-bond acceptors (Lipinski definition) is 5. The van der Waals surface area contributed by atoms with Crippen molar-refractivity contribution >= 4 is 0 Å². The molecular weight excluding hydrogens is 335 g/mol. The summed E-state index contributed by atoms with van der Waals surface area (Å²) in [6.07, 6.45) is 1.63. The van der Waals surface area contributed by atoms with E-state index in [1.54, 1.807) is 44.7 Å². The summed E-state index contributed by atoms with van der Waals surface area (Å²) in [4.78, 5) is 8.81. The molecule has 0 aliphatic carbocycles. The summed E-state index contributed by atoms with van der Waals surface area (Å²) >= 11 is 0. The van der Waals surface area contributed by atoms with E-state index in [9.17, 15) is 4.39 Å². The predicted octanol–water partition coefficient (Wildman–Crippen LogP) is 4.37. The summed E-state index contributed by atoms with van der Waals surface area (Å²) in [7, 11) is 3.18. The highest BCUT2D eigenvalue weighted by Gasteiger charge is 2.12. The number of methoxy groups -OCH3 is 2. The number of nitrogens with zero attached hydrogens (tertiary/aromatic N) is 2. The smallest absolute Gasteiger partial charge is 0.165 e. The minimum absolute atomic E-state index is 0.212. The summed E-state index contributed by atoms with van der Waals surface area (Å²) in [5.41, 5.74) is 2.03. The zero-order valence-electron chi connectivity index (χ0n) is 14.8. The fourth-order valence-corrected chi connectivity index (χ4v) is 2.57. The van der Waals surface area contributed by atoms with Gasteiger partial charge in [-0.15, -0.1) is 0 Å². The van der Waals surface area contributed by atoms with Crippen LogP contribution in [0.2, 0.25) is 0 Å². The molecule has 0 bridgehead atoms. The van der Waals surface area contributed by atoms with Crippen LogP contribution >= 0.6 is 0 Å². The van der Waals surface area contributed by atoms with Crippen LogP contribution in [0.25, 0.3) is 22.6 Å². The van der Waals surface area contributed by atoms with Crippen molar-refractivity contribution in [3.8, 4) is 39.9 Å². The molecule has 0 unspecified atom stereocenters. The Morgan fingerprint density at radius 1 is 0.962 bits per heavy atom. The average Bonchev–Trinajstić information content (AvgIpc) is 2.69. The van der Waals surface area contributed by atoms with Gasteiger partial charge < -0.3 is 14.2 Å². The molecule has 0 radical (unpaired) electrons. The van der Waals surface area contributed by atoms with Crippen molar-refractivity contribution in [2.75, 3.05) is 20.8 Å². The van der Waals surface area contributed by atoms with Gasteiger partial charge in [0.05, 0.1) is 26.5 Å². The van der Waals surface area contributed by atoms with Gasteiger partial charge in [0.15, 0.2) is 17.4 Å². The quantitative estimate of drug-likeness (QED) is 0.658. The van der Waals surface area contributed by atoms with Gasteiger partial charge in [-0.25, -0.2) is 14.4 Å². The van der Waals surface area contributed by atoms with Gasteiger partial charge in [0, 0.05) is 23.4 Å². The SMILES string of the molecule is CCOc1ccc(-c2nccc(-c3ccc(OC)cc3OC)n2)cc1F. The van der Waals surface area contributed by atoms with Gasteiger partial charge in [0.25, 0.3) is 0 Å². The summed E-state index contributed by atoms with van der Waals surface area (Å²) in [5.74, 6) is 1.51. The molecule has 3 rings (SSSR count). The van der Waals surface area contributed by atoms with Gasteiger partial charge >= 0.3 is 0 Å². The van der Waals surface area contributed by atoms with Crippen LogP contribution in [-0.4, -0.2) is 30.8 Å². The summed E-state index contributed by atoms with van der Waals surface area (Å²) < 4.78 is 30.0. The van der Waals surface area contributed by atoms with E-state index in [-0.39, 0.29) is 5.75 Å². The van der Waals surface area contributed by atoms with Gasteiger partial charge in [-0.3, -0.25) is 0 Å². The monoisotopic (exact) mass is 354 g/mol. The van der Waals surface area contributed by atoms with Crippen molar-refractivity contribution in [2.24, 2.45) is 0 Å². The van der Waals surface area contributed by atoms with Crippen molar-refractivity contribution in [2.45, 2.75) is 6.92 Å². The third-order valence-corrected chi connectivity index (χ3v) is 3.83. The molecule has 0 fully saturated rings. The summed E-state index contributed by atoms with van der Waals surface area (Å²) in [6, 6.07) is 11.9. The van der Waals surface area contributed by atoms with Crippen LogP contribution in [0, 0.1) is 5.82 Å². The molecule has 0 aliphatic rings. The van der Waals surface area contributed by atoms with Crippen LogP contribution in [0.15, 0.2) is 48.7 Å². The molecule has 134 valence electrons. The molecule has 0 saturated heterocycles. The molecule has 0 amide bonds. The number of ether oxygens (including phenoxy) is 3.